The van der Waals surface area contributed by atoms with Crippen molar-refractivity contribution in [3.63, 3.8) is 0 Å². The largest absolute Gasteiger partial charge is 0.478 e. The molecule has 1 aliphatic rings. The molecule has 0 aromatic carbocycles. The first kappa shape index (κ1) is 12.1. The monoisotopic (exact) mass is 259 g/mol. The van der Waals surface area contributed by atoms with Gasteiger partial charge in [0.25, 0.3) is 0 Å². The molecule has 1 aromatic heterocycles. The third-order valence-electron chi connectivity index (χ3n) is 3.46. The quantitative estimate of drug-likeness (QED) is 0.852. The predicted octanol–water partition coefficient (Wildman–Crippen LogP) is 1.05. The van der Waals surface area contributed by atoms with Gasteiger partial charge >= 0.3 is 5.97 Å². The molecule has 1 fully saturated rings. The number of sulfone groups is 1. The predicted molar refractivity (Wildman–Crippen MR) is 58.7 cm³/mol. The number of carboxylic acid groups (broad SMARTS) is 1. The van der Waals surface area contributed by atoms with Gasteiger partial charge in [0.05, 0.1) is 16.7 Å². The Kier molecular flexibility index (Phi) is 2.53. The first-order valence-electron chi connectivity index (χ1n) is 5.17. The van der Waals surface area contributed by atoms with Crippen molar-refractivity contribution in [3.05, 3.63) is 17.5 Å². The normalized spacial score (nSPS) is 25.9. The highest BCUT2D eigenvalue weighted by Crippen LogP contribution is 2.44. The standard InChI is InChI=1S/C10H13NO5S/c1-10(2)7(3-4-17(10,14)15)8-6(9(12)13)5-11-16-8/h5,7H,3-4H2,1-2H3,(H,12,13). The van der Waals surface area contributed by atoms with E-state index < -0.39 is 26.5 Å². The van der Waals surface area contributed by atoms with Crippen molar-refractivity contribution in [1.82, 2.24) is 5.16 Å². The second-order valence-corrected chi connectivity index (χ2v) is 7.36. The number of nitrogens with zero attached hydrogens (tertiary/aromatic N) is 1. The molecule has 7 heteroatoms. The second-order valence-electron chi connectivity index (χ2n) is 4.67. The molecular weight excluding hydrogens is 246 g/mol. The summed E-state index contributed by atoms with van der Waals surface area (Å²) in [6.45, 7) is 3.18. The van der Waals surface area contributed by atoms with Crippen LogP contribution in [0.25, 0.3) is 0 Å². The summed E-state index contributed by atoms with van der Waals surface area (Å²) in [6, 6.07) is 0. The van der Waals surface area contributed by atoms with Crippen LogP contribution in [0.3, 0.4) is 0 Å². The number of hydrogen-bond donors (Lipinski definition) is 1. The van der Waals surface area contributed by atoms with Crippen molar-refractivity contribution in [3.8, 4) is 0 Å². The van der Waals surface area contributed by atoms with Crippen molar-refractivity contribution < 1.29 is 22.8 Å². The van der Waals surface area contributed by atoms with Gasteiger partial charge in [-0.2, -0.15) is 0 Å². The topological polar surface area (TPSA) is 97.5 Å². The van der Waals surface area contributed by atoms with E-state index in [2.05, 4.69) is 5.16 Å². The number of carbonyl (C=O) groups is 1. The van der Waals surface area contributed by atoms with E-state index >= 15 is 0 Å². The highest BCUT2D eigenvalue weighted by atomic mass is 32.2. The summed E-state index contributed by atoms with van der Waals surface area (Å²) in [6.07, 6.45) is 1.48. The maximum atomic E-state index is 11.9. The zero-order valence-electron chi connectivity index (χ0n) is 9.50. The highest BCUT2D eigenvalue weighted by Gasteiger charge is 2.50. The lowest BCUT2D eigenvalue weighted by molar-refractivity contribution is 0.0693. The third kappa shape index (κ3) is 1.65. The van der Waals surface area contributed by atoms with Crippen LogP contribution < -0.4 is 0 Å². The van der Waals surface area contributed by atoms with Gasteiger partial charge in [-0.05, 0) is 20.3 Å². The minimum Gasteiger partial charge on any atom is -0.478 e. The van der Waals surface area contributed by atoms with Crippen molar-refractivity contribution in [2.24, 2.45) is 0 Å². The van der Waals surface area contributed by atoms with Gasteiger partial charge in [-0.1, -0.05) is 5.16 Å². The van der Waals surface area contributed by atoms with E-state index in [0.717, 1.165) is 6.20 Å². The van der Waals surface area contributed by atoms with Crippen molar-refractivity contribution in [1.29, 1.82) is 0 Å². The lowest BCUT2D eigenvalue weighted by Gasteiger charge is -2.23. The molecule has 94 valence electrons. The molecule has 6 nitrogen and oxygen atoms in total. The Hall–Kier alpha value is -1.37. The van der Waals surface area contributed by atoms with Gasteiger partial charge in [0.2, 0.25) is 0 Å². The van der Waals surface area contributed by atoms with E-state index in [-0.39, 0.29) is 17.1 Å². The molecule has 1 aliphatic heterocycles. The molecule has 2 heterocycles. The zero-order valence-corrected chi connectivity index (χ0v) is 10.3. The Bertz CT molecular complexity index is 557. The van der Waals surface area contributed by atoms with Gasteiger partial charge in [-0.3, -0.25) is 0 Å². The van der Waals surface area contributed by atoms with Crippen LogP contribution in [0.1, 0.15) is 42.3 Å². The van der Waals surface area contributed by atoms with E-state index in [1.807, 2.05) is 0 Å². The molecular formula is C10H13NO5S. The SMILES string of the molecule is CC1(C)C(c2oncc2C(=O)O)CCS1(=O)=O. The van der Waals surface area contributed by atoms with Crippen LogP contribution in [-0.4, -0.2) is 35.2 Å². The number of aromatic nitrogens is 1. The lowest BCUT2D eigenvalue weighted by Crippen LogP contribution is -2.32. The summed E-state index contributed by atoms with van der Waals surface area (Å²) in [5, 5.41) is 12.4. The molecule has 0 saturated carbocycles. The average Bonchev–Trinajstić information content (AvgIpc) is 2.72. The van der Waals surface area contributed by atoms with Crippen LogP contribution in [-0.2, 0) is 9.84 Å². The van der Waals surface area contributed by atoms with Crippen LogP contribution >= 0.6 is 0 Å². The minimum atomic E-state index is -3.22. The smallest absolute Gasteiger partial charge is 0.340 e. The molecule has 2 rings (SSSR count). The van der Waals surface area contributed by atoms with Gasteiger partial charge < -0.3 is 9.63 Å². The summed E-state index contributed by atoms with van der Waals surface area (Å²) in [4.78, 5) is 11.0. The minimum absolute atomic E-state index is 0.0461. The van der Waals surface area contributed by atoms with Crippen LogP contribution in [0, 0.1) is 0 Å². The van der Waals surface area contributed by atoms with Gasteiger partial charge in [0.15, 0.2) is 15.6 Å². The van der Waals surface area contributed by atoms with Crippen LogP contribution in [0.15, 0.2) is 10.7 Å². The Morgan fingerprint density at radius 3 is 2.71 bits per heavy atom. The number of hydrogen-bond acceptors (Lipinski definition) is 5. The lowest BCUT2D eigenvalue weighted by atomic mass is 9.88. The maximum Gasteiger partial charge on any atom is 0.340 e. The molecule has 17 heavy (non-hydrogen) atoms. The fourth-order valence-corrected chi connectivity index (χ4v) is 3.94. The molecule has 1 N–H and O–H groups in total. The third-order valence-corrected chi connectivity index (χ3v) is 6.12. The van der Waals surface area contributed by atoms with Gasteiger partial charge in [-0.25, -0.2) is 13.2 Å². The molecule has 1 atom stereocenters. The van der Waals surface area contributed by atoms with Gasteiger partial charge in [-0.15, -0.1) is 0 Å². The Morgan fingerprint density at radius 1 is 1.59 bits per heavy atom. The van der Waals surface area contributed by atoms with Crippen LogP contribution in [0.4, 0.5) is 0 Å². The van der Waals surface area contributed by atoms with E-state index in [9.17, 15) is 13.2 Å². The van der Waals surface area contributed by atoms with Crippen LogP contribution in [0.5, 0.6) is 0 Å². The number of carboxylic acids is 1. The molecule has 0 amide bonds. The first-order chi connectivity index (χ1) is 7.77. The second kappa shape index (κ2) is 3.56. The summed E-state index contributed by atoms with van der Waals surface area (Å²) in [7, 11) is -3.22. The molecule has 1 unspecified atom stereocenters. The Morgan fingerprint density at radius 2 is 2.24 bits per heavy atom. The summed E-state index contributed by atoms with van der Waals surface area (Å²) >= 11 is 0. The summed E-state index contributed by atoms with van der Waals surface area (Å²) in [5.41, 5.74) is -0.0554. The fourth-order valence-electron chi connectivity index (χ4n) is 2.21. The fraction of sp³-hybridized carbons (Fsp3) is 0.600. The van der Waals surface area contributed by atoms with Gasteiger partial charge in [0.1, 0.15) is 5.56 Å². The molecule has 0 aliphatic carbocycles. The summed E-state index contributed by atoms with van der Waals surface area (Å²) < 4.78 is 27.6. The Balaban J connectivity index is 2.50. The molecule has 0 spiro atoms. The van der Waals surface area contributed by atoms with E-state index in [4.69, 9.17) is 9.63 Å². The first-order valence-corrected chi connectivity index (χ1v) is 6.83. The van der Waals surface area contributed by atoms with Gasteiger partial charge in [0, 0.05) is 5.92 Å². The molecule has 1 saturated heterocycles. The molecule has 0 bridgehead atoms. The zero-order chi connectivity index (χ0) is 12.8. The van der Waals surface area contributed by atoms with Crippen molar-refractivity contribution >= 4 is 15.8 Å². The van der Waals surface area contributed by atoms with Crippen molar-refractivity contribution in [2.75, 3.05) is 5.75 Å². The summed E-state index contributed by atoms with van der Waals surface area (Å²) in [5.74, 6) is -1.41. The molecule has 1 aromatic rings. The average molecular weight is 259 g/mol. The van der Waals surface area contributed by atoms with E-state index in [1.54, 1.807) is 13.8 Å². The maximum absolute atomic E-state index is 11.9. The van der Waals surface area contributed by atoms with Crippen LogP contribution in [0.2, 0.25) is 0 Å². The van der Waals surface area contributed by atoms with E-state index in [1.165, 1.54) is 0 Å². The molecule has 0 radical (unpaired) electrons. The Labute approximate surface area is 98.5 Å². The highest BCUT2D eigenvalue weighted by molar-refractivity contribution is 7.93. The van der Waals surface area contributed by atoms with Crippen molar-refractivity contribution in [2.45, 2.75) is 30.9 Å². The van der Waals surface area contributed by atoms with E-state index in [0.29, 0.717) is 6.42 Å². The number of rotatable bonds is 2. The number of aromatic carboxylic acids is 1.